The number of ether oxygens (including phenoxy) is 1. The molecule has 3 nitrogen and oxygen atoms in total. The standard InChI is InChI=1S/C13H17ClN2O/c14-11-5-6-13(17-8-9-1-2-9)16-12(11)7-15-10-3-4-10/h5-6,9-10,15H,1-4,7-8H2. The van der Waals surface area contributed by atoms with Crippen molar-refractivity contribution < 1.29 is 4.74 Å². The zero-order valence-corrected chi connectivity index (χ0v) is 10.5. The predicted octanol–water partition coefficient (Wildman–Crippen LogP) is 2.78. The molecule has 1 aromatic heterocycles. The van der Waals surface area contributed by atoms with E-state index in [4.69, 9.17) is 16.3 Å². The SMILES string of the molecule is Clc1ccc(OCC2CC2)nc1CNC1CC1. The lowest BCUT2D eigenvalue weighted by atomic mass is 10.3. The van der Waals surface area contributed by atoms with Crippen LogP contribution in [0.1, 0.15) is 31.4 Å². The summed E-state index contributed by atoms with van der Waals surface area (Å²) >= 11 is 6.12. The Labute approximate surface area is 107 Å². The second kappa shape index (κ2) is 4.83. The van der Waals surface area contributed by atoms with Gasteiger partial charge in [0.2, 0.25) is 5.88 Å². The van der Waals surface area contributed by atoms with Gasteiger partial charge in [-0.15, -0.1) is 0 Å². The second-order valence-corrected chi connectivity index (χ2v) is 5.39. The summed E-state index contributed by atoms with van der Waals surface area (Å²) in [5.74, 6) is 1.45. The van der Waals surface area contributed by atoms with E-state index in [-0.39, 0.29) is 0 Å². The van der Waals surface area contributed by atoms with Gasteiger partial charge in [0.15, 0.2) is 0 Å². The molecule has 2 fully saturated rings. The molecule has 1 heterocycles. The molecule has 92 valence electrons. The second-order valence-electron chi connectivity index (χ2n) is 4.99. The van der Waals surface area contributed by atoms with Gasteiger partial charge in [0.25, 0.3) is 0 Å². The van der Waals surface area contributed by atoms with Gasteiger partial charge in [0, 0.05) is 18.7 Å². The fourth-order valence-corrected chi connectivity index (χ4v) is 1.86. The van der Waals surface area contributed by atoms with Gasteiger partial charge in [-0.05, 0) is 37.7 Å². The molecule has 1 aromatic rings. The molecular formula is C13H17ClN2O. The van der Waals surface area contributed by atoms with Gasteiger partial charge < -0.3 is 10.1 Å². The van der Waals surface area contributed by atoms with Crippen molar-refractivity contribution in [1.82, 2.24) is 10.3 Å². The summed E-state index contributed by atoms with van der Waals surface area (Å²) in [5, 5.41) is 4.14. The Morgan fingerprint density at radius 3 is 2.82 bits per heavy atom. The minimum absolute atomic E-state index is 0.670. The van der Waals surface area contributed by atoms with E-state index in [1.54, 1.807) is 0 Å². The molecule has 0 bridgehead atoms. The van der Waals surface area contributed by atoms with Crippen molar-refractivity contribution in [2.45, 2.75) is 38.3 Å². The van der Waals surface area contributed by atoms with Crippen LogP contribution in [0.3, 0.4) is 0 Å². The van der Waals surface area contributed by atoms with Crippen molar-refractivity contribution in [1.29, 1.82) is 0 Å². The summed E-state index contributed by atoms with van der Waals surface area (Å²) in [6, 6.07) is 4.40. The summed E-state index contributed by atoms with van der Waals surface area (Å²) in [4.78, 5) is 4.46. The maximum absolute atomic E-state index is 6.12. The highest BCUT2D eigenvalue weighted by atomic mass is 35.5. The molecule has 0 atom stereocenters. The third-order valence-corrected chi connectivity index (χ3v) is 3.54. The van der Waals surface area contributed by atoms with Crippen molar-refractivity contribution in [3.63, 3.8) is 0 Å². The zero-order valence-electron chi connectivity index (χ0n) is 9.79. The minimum atomic E-state index is 0.670. The molecule has 1 N–H and O–H groups in total. The Balaban J connectivity index is 1.60. The van der Waals surface area contributed by atoms with Crippen LogP contribution >= 0.6 is 11.6 Å². The monoisotopic (exact) mass is 252 g/mol. The molecule has 0 unspecified atom stereocenters. The van der Waals surface area contributed by atoms with E-state index in [9.17, 15) is 0 Å². The van der Waals surface area contributed by atoms with Gasteiger partial charge in [0.1, 0.15) is 0 Å². The van der Waals surface area contributed by atoms with Gasteiger partial charge in [-0.25, -0.2) is 4.98 Å². The maximum atomic E-state index is 6.12. The highest BCUT2D eigenvalue weighted by Gasteiger charge is 2.23. The third kappa shape index (κ3) is 3.33. The quantitative estimate of drug-likeness (QED) is 0.845. The first kappa shape index (κ1) is 11.3. The Morgan fingerprint density at radius 2 is 2.12 bits per heavy atom. The Kier molecular flexibility index (Phi) is 3.21. The van der Waals surface area contributed by atoms with Crippen LogP contribution in [-0.2, 0) is 6.54 Å². The molecule has 0 aromatic carbocycles. The van der Waals surface area contributed by atoms with Crippen LogP contribution in [0.2, 0.25) is 5.02 Å². The van der Waals surface area contributed by atoms with Gasteiger partial charge in [-0.1, -0.05) is 11.6 Å². The van der Waals surface area contributed by atoms with Crippen LogP contribution in [-0.4, -0.2) is 17.6 Å². The molecule has 3 rings (SSSR count). The lowest BCUT2D eigenvalue weighted by molar-refractivity contribution is 0.287. The summed E-state index contributed by atoms with van der Waals surface area (Å²) in [5.41, 5.74) is 0.895. The van der Waals surface area contributed by atoms with Crippen molar-refractivity contribution in [3.05, 3.63) is 22.8 Å². The number of hydrogen-bond acceptors (Lipinski definition) is 3. The summed E-state index contributed by atoms with van der Waals surface area (Å²) in [6.45, 7) is 1.54. The Morgan fingerprint density at radius 1 is 1.29 bits per heavy atom. The van der Waals surface area contributed by atoms with Crippen LogP contribution < -0.4 is 10.1 Å². The molecular weight excluding hydrogens is 236 g/mol. The van der Waals surface area contributed by atoms with Gasteiger partial charge in [0.05, 0.1) is 17.3 Å². The Bertz CT molecular complexity index is 402. The van der Waals surface area contributed by atoms with Gasteiger partial charge in [-0.3, -0.25) is 0 Å². The number of pyridine rings is 1. The number of nitrogens with one attached hydrogen (secondary N) is 1. The normalized spacial score (nSPS) is 19.4. The number of halogens is 1. The lowest BCUT2D eigenvalue weighted by Crippen LogP contribution is -2.16. The molecule has 2 aliphatic carbocycles. The first-order valence-electron chi connectivity index (χ1n) is 6.33. The van der Waals surface area contributed by atoms with E-state index < -0.39 is 0 Å². The lowest BCUT2D eigenvalue weighted by Gasteiger charge is -2.08. The van der Waals surface area contributed by atoms with Crippen LogP contribution in [0, 0.1) is 5.92 Å². The predicted molar refractivity (Wildman–Crippen MR) is 67.3 cm³/mol. The molecule has 2 aliphatic rings. The van der Waals surface area contributed by atoms with E-state index in [1.807, 2.05) is 12.1 Å². The Hall–Kier alpha value is -0.800. The number of rotatable bonds is 6. The number of hydrogen-bond donors (Lipinski definition) is 1. The van der Waals surface area contributed by atoms with E-state index >= 15 is 0 Å². The molecule has 0 amide bonds. The first-order chi connectivity index (χ1) is 8.31. The molecule has 0 radical (unpaired) electrons. The zero-order chi connectivity index (χ0) is 11.7. The highest BCUT2D eigenvalue weighted by Crippen LogP contribution is 2.29. The maximum Gasteiger partial charge on any atom is 0.213 e. The highest BCUT2D eigenvalue weighted by molar-refractivity contribution is 6.31. The topological polar surface area (TPSA) is 34.1 Å². The molecule has 4 heteroatoms. The van der Waals surface area contributed by atoms with Crippen LogP contribution in [0.5, 0.6) is 5.88 Å². The fraction of sp³-hybridized carbons (Fsp3) is 0.615. The van der Waals surface area contributed by atoms with E-state index in [1.165, 1.54) is 25.7 Å². The average molecular weight is 253 g/mol. The molecule has 0 spiro atoms. The van der Waals surface area contributed by atoms with E-state index in [2.05, 4.69) is 10.3 Å². The first-order valence-corrected chi connectivity index (χ1v) is 6.70. The number of aromatic nitrogens is 1. The molecule has 0 saturated heterocycles. The smallest absolute Gasteiger partial charge is 0.213 e. The van der Waals surface area contributed by atoms with E-state index in [0.717, 1.165) is 29.8 Å². The largest absolute Gasteiger partial charge is 0.477 e. The van der Waals surface area contributed by atoms with Crippen LogP contribution in [0.25, 0.3) is 0 Å². The minimum Gasteiger partial charge on any atom is -0.477 e. The van der Waals surface area contributed by atoms with Crippen molar-refractivity contribution >= 4 is 11.6 Å². The molecule has 17 heavy (non-hydrogen) atoms. The summed E-state index contributed by atoms with van der Waals surface area (Å²) in [6.07, 6.45) is 5.14. The molecule has 0 aliphatic heterocycles. The average Bonchev–Trinajstić information content (AvgIpc) is 3.20. The van der Waals surface area contributed by atoms with E-state index in [0.29, 0.717) is 11.9 Å². The van der Waals surface area contributed by atoms with Gasteiger partial charge >= 0.3 is 0 Å². The van der Waals surface area contributed by atoms with Gasteiger partial charge in [-0.2, -0.15) is 0 Å². The summed E-state index contributed by atoms with van der Waals surface area (Å²) < 4.78 is 5.65. The van der Waals surface area contributed by atoms with Crippen LogP contribution in [0.15, 0.2) is 12.1 Å². The summed E-state index contributed by atoms with van der Waals surface area (Å²) in [7, 11) is 0. The van der Waals surface area contributed by atoms with Crippen LogP contribution in [0.4, 0.5) is 0 Å². The fourth-order valence-electron chi connectivity index (χ4n) is 1.68. The third-order valence-electron chi connectivity index (χ3n) is 3.19. The van der Waals surface area contributed by atoms with Crippen molar-refractivity contribution in [3.8, 4) is 5.88 Å². The van der Waals surface area contributed by atoms with Crippen molar-refractivity contribution in [2.24, 2.45) is 5.92 Å². The van der Waals surface area contributed by atoms with Crippen molar-refractivity contribution in [2.75, 3.05) is 6.61 Å². The molecule has 2 saturated carbocycles. The number of nitrogens with zero attached hydrogens (tertiary/aromatic N) is 1.